The minimum Gasteiger partial charge on any atom is -0.466 e. The van der Waals surface area contributed by atoms with Crippen LogP contribution in [0.5, 0.6) is 0 Å². The Labute approximate surface area is 533 Å². The van der Waals surface area contributed by atoms with E-state index in [1.165, 1.54) is 0 Å². The Balaban J connectivity index is 0.000000384. The summed E-state index contributed by atoms with van der Waals surface area (Å²) >= 11 is 0. The molecule has 7 heterocycles. The summed E-state index contributed by atoms with van der Waals surface area (Å²) in [6, 6.07) is 8.81. The first-order valence-corrected chi connectivity index (χ1v) is 25.6. The lowest BCUT2D eigenvalue weighted by atomic mass is 10.0. The Kier molecular flexibility index (Phi) is 32.6. The number of hydrogen-bond acceptors (Lipinski definition) is 39. The maximum absolute atomic E-state index is 13.2. The van der Waals surface area contributed by atoms with Crippen LogP contribution in [0.4, 0.5) is 51.1 Å². The molecule has 0 radical (unpaired) electrons. The van der Waals surface area contributed by atoms with E-state index in [0.29, 0.717) is 5.56 Å². The number of carbonyl (C=O) groups is 16. The predicted octanol–water partition coefficient (Wildman–Crippen LogP) is 0.664. The van der Waals surface area contributed by atoms with Crippen molar-refractivity contribution in [2.24, 2.45) is 0 Å². The van der Waals surface area contributed by atoms with Crippen LogP contribution in [-0.2, 0) is 152 Å². The van der Waals surface area contributed by atoms with Crippen molar-refractivity contribution < 1.29 is 203 Å². The predicted molar refractivity (Wildman–Crippen MR) is 277 cm³/mol. The van der Waals surface area contributed by atoms with Crippen molar-refractivity contribution in [3.05, 3.63) is 35.9 Å². The van der Waals surface area contributed by atoms with E-state index in [-0.39, 0.29) is 33.0 Å². The number of alkyl halides is 4. The third-order valence-electron chi connectivity index (χ3n) is 10.4. The molecule has 7 aliphatic rings. The van der Waals surface area contributed by atoms with Gasteiger partial charge in [-0.1, -0.05) is 48.1 Å². The van der Waals surface area contributed by atoms with Crippen molar-refractivity contribution in [2.75, 3.05) is 74.7 Å². The minimum atomic E-state index is -2.85. The monoisotopic (exact) mass is 1390 g/mol. The number of ether oxygens (including phenoxy) is 23. The van der Waals surface area contributed by atoms with Crippen LogP contribution in [-0.4, -0.2) is 239 Å². The van der Waals surface area contributed by atoms with Gasteiger partial charge in [-0.2, -0.15) is 17.6 Å². The lowest BCUT2D eigenvalue weighted by molar-refractivity contribution is -0.178. The smallest absolute Gasteiger partial charge is 0.466 e. The summed E-state index contributed by atoms with van der Waals surface area (Å²) in [7, 11) is 4.24. The number of carbonyl (C=O) groups excluding carboxylic acids is 16. The van der Waals surface area contributed by atoms with E-state index >= 15 is 0 Å². The van der Waals surface area contributed by atoms with Crippen LogP contribution in [0.15, 0.2) is 30.3 Å². The molecule has 0 spiro atoms. The molecule has 1 aromatic rings. The zero-order valence-corrected chi connectivity index (χ0v) is 49.8. The van der Waals surface area contributed by atoms with Gasteiger partial charge >= 0.3 is 109 Å². The zero-order valence-electron chi connectivity index (χ0n) is 49.8. The van der Waals surface area contributed by atoms with Gasteiger partial charge in [-0.3, -0.25) is 0 Å². The van der Waals surface area contributed by atoms with Gasteiger partial charge in [0.15, 0.2) is 39.1 Å². The number of terminal acetylenes is 3. The molecule has 96 heavy (non-hydrogen) atoms. The van der Waals surface area contributed by atoms with Crippen LogP contribution in [0.1, 0.15) is 25.5 Å². The van der Waals surface area contributed by atoms with Crippen molar-refractivity contribution in [2.45, 2.75) is 87.1 Å². The molecule has 43 heteroatoms. The number of methoxy groups -OCH3 is 4. The molecule has 0 saturated carbocycles. The molecule has 7 fully saturated rings. The largest absolute Gasteiger partial charge is 0.512 e. The van der Waals surface area contributed by atoms with Crippen LogP contribution >= 0.6 is 0 Å². The first kappa shape index (κ1) is 79.8. The Hall–Kier alpha value is -12.3. The van der Waals surface area contributed by atoms with Gasteiger partial charge in [0.2, 0.25) is 30.5 Å². The topological polar surface area (TPSA) is 485 Å². The average molecular weight is 1390 g/mol. The van der Waals surface area contributed by atoms with Gasteiger partial charge in [0, 0.05) is 0 Å². The number of rotatable bonds is 15. The lowest BCUT2D eigenvalue weighted by Crippen LogP contribution is -2.39. The highest BCUT2D eigenvalue weighted by molar-refractivity contribution is 5.92. The third-order valence-corrected chi connectivity index (χ3v) is 10.4. The van der Waals surface area contributed by atoms with Crippen molar-refractivity contribution in [1.29, 1.82) is 0 Å². The maximum Gasteiger partial charge on any atom is 0.512 e. The molecule has 7 aliphatic heterocycles. The second-order valence-corrected chi connectivity index (χ2v) is 16.6. The van der Waals surface area contributed by atoms with Gasteiger partial charge in [0.25, 0.3) is 24.9 Å². The summed E-state index contributed by atoms with van der Waals surface area (Å²) < 4.78 is 150. The molecule has 0 aliphatic carbocycles. The lowest BCUT2D eigenvalue weighted by Gasteiger charge is -2.13. The van der Waals surface area contributed by atoms with Gasteiger partial charge in [-0.25, -0.2) is 76.7 Å². The third kappa shape index (κ3) is 24.4. The fraction of sp³-hybridized carbons (Fsp3) is 0.472. The van der Waals surface area contributed by atoms with Crippen molar-refractivity contribution in [3.8, 4) is 37.0 Å². The van der Waals surface area contributed by atoms with E-state index < -0.39 is 183 Å². The SMILES string of the molecule is C#CCOC(=O)C1(F)COC(=O)O1.C#CCOC(=O)C1OC(=O)OC1F.C#CCOC(=O)C1OC(=O)OC1c1ccccc1.CCOC(=O)C1OC(=O)OC1C(=O)OCC.COC(=O)C1(F)COC(=O)O1.COC(=O)C1OC(=O)OC1C(=O)OC.COC(=O)C1OC(=O)OC1F. The normalized spacial score (nSPS) is 25.2. The molecule has 0 aromatic heterocycles. The number of halogens is 4. The summed E-state index contributed by atoms with van der Waals surface area (Å²) in [4.78, 5) is 173. The van der Waals surface area contributed by atoms with Gasteiger partial charge in [0.1, 0.15) is 0 Å². The average Bonchev–Trinajstić information content (AvgIpc) is 2.02. The van der Waals surface area contributed by atoms with E-state index in [1.54, 1.807) is 38.1 Å². The maximum atomic E-state index is 13.2. The van der Waals surface area contributed by atoms with Gasteiger partial charge in [-0.15, -0.1) is 19.3 Å². The Bertz CT molecular complexity index is 3080. The number of hydrogen-bond donors (Lipinski definition) is 0. The van der Waals surface area contributed by atoms with Crippen molar-refractivity contribution in [3.63, 3.8) is 0 Å². The van der Waals surface area contributed by atoms with Crippen LogP contribution in [0.2, 0.25) is 0 Å². The van der Waals surface area contributed by atoms with E-state index in [1.807, 2.05) is 17.9 Å². The van der Waals surface area contributed by atoms with Crippen molar-refractivity contribution in [1.82, 2.24) is 0 Å². The summed E-state index contributed by atoms with van der Waals surface area (Å²) in [6.45, 7) is 0.985. The van der Waals surface area contributed by atoms with E-state index in [2.05, 4.69) is 101 Å². The molecule has 39 nitrogen and oxygen atoms in total. The number of esters is 9. The van der Waals surface area contributed by atoms with Crippen LogP contribution in [0, 0.1) is 37.0 Å². The first-order chi connectivity index (χ1) is 45.4. The van der Waals surface area contributed by atoms with Crippen LogP contribution < -0.4 is 0 Å². The Morgan fingerprint density at radius 1 is 0.417 bits per heavy atom. The molecule has 1 aromatic carbocycles. The molecule has 0 amide bonds. The molecule has 8 rings (SSSR count). The summed E-state index contributed by atoms with van der Waals surface area (Å²) in [5.41, 5.74) is 0.658. The molecule has 7 saturated heterocycles. The molecule has 0 bridgehead atoms. The summed E-state index contributed by atoms with van der Waals surface area (Å²) in [5, 5.41) is 0. The quantitative estimate of drug-likeness (QED) is 0.101. The standard InChI is InChI=1S/C13H10O5.C9H12O7.2C7H5FO5.C7H8O7.2C5H5FO5/c1-2-8-16-12(14)11-10(17-13(15)18-11)9-6-4-3-5-7-9;1-3-13-7(10)5-6(8(11)14-4-2)16-9(12)15-5;1-2-3-11-5(9)7(8)4-12-6(10)13-7;1-2-3-11-6(9)4-5(8)13-7(10)12-4;1-11-5(8)3-4(6(9)12-2)14-7(10)13-3;1-9-3(7)5(6)2-10-4(8)11-5;1-9-4(7)2-3(6)11-5(8)10-2/h1,3-7,10-11H,8H2;5-6H,3-4H2,1-2H3;1H,3-4H2;1,4-5H,3H2;3-4H,1-2H3;2H2,1H3;2-3H,1H3. The van der Waals surface area contributed by atoms with Gasteiger partial charge in [0.05, 0.1) is 41.7 Å². The first-order valence-electron chi connectivity index (χ1n) is 25.6. The van der Waals surface area contributed by atoms with E-state index in [0.717, 1.165) is 28.4 Å². The molecular weight excluding hydrogens is 1340 g/mol. The Morgan fingerprint density at radius 2 is 0.729 bits per heavy atom. The highest BCUT2D eigenvalue weighted by atomic mass is 19.2. The molecule has 0 N–H and O–H groups in total. The molecular formula is C53H50F4O39. The second kappa shape index (κ2) is 39.2. The second-order valence-electron chi connectivity index (χ2n) is 16.6. The zero-order chi connectivity index (χ0) is 72.5. The van der Waals surface area contributed by atoms with Crippen LogP contribution in [0.25, 0.3) is 0 Å². The minimum absolute atomic E-state index is 0.114. The molecule has 524 valence electrons. The molecule has 12 unspecified atom stereocenters. The van der Waals surface area contributed by atoms with Crippen molar-refractivity contribution >= 4 is 96.8 Å². The highest BCUT2D eigenvalue weighted by Crippen LogP contribution is 2.31. The van der Waals surface area contributed by atoms with Gasteiger partial charge < -0.3 is 109 Å². The van der Waals surface area contributed by atoms with E-state index in [4.69, 9.17) is 33.5 Å². The summed E-state index contributed by atoms with van der Waals surface area (Å²) in [5.74, 6) is -8.26. The Morgan fingerprint density at radius 3 is 1.07 bits per heavy atom. The van der Waals surface area contributed by atoms with Gasteiger partial charge in [-0.05, 0) is 19.4 Å². The fourth-order valence-corrected chi connectivity index (χ4v) is 6.25. The van der Waals surface area contributed by atoms with Crippen LogP contribution in [0.3, 0.4) is 0 Å². The number of benzene rings is 1. The number of cyclic esters (lactones) is 14. The summed E-state index contributed by atoms with van der Waals surface area (Å²) in [6.07, 6.45) is -8.36. The fourth-order valence-electron chi connectivity index (χ4n) is 6.25. The van der Waals surface area contributed by atoms with E-state index in [9.17, 15) is 94.3 Å². The molecule has 12 atom stereocenters. The highest BCUT2D eigenvalue weighted by Gasteiger charge is 2.54.